The summed E-state index contributed by atoms with van der Waals surface area (Å²) in [6.45, 7) is 4.59. The van der Waals surface area contributed by atoms with Crippen molar-refractivity contribution < 1.29 is 14.3 Å². The van der Waals surface area contributed by atoms with Crippen molar-refractivity contribution in [1.29, 1.82) is 0 Å². The van der Waals surface area contributed by atoms with Crippen LogP contribution in [-0.4, -0.2) is 26.2 Å². The van der Waals surface area contributed by atoms with E-state index in [-0.39, 0.29) is 11.9 Å². The molecular formula is C13H16ClNO3. The van der Waals surface area contributed by atoms with E-state index in [1.807, 2.05) is 6.92 Å². The summed E-state index contributed by atoms with van der Waals surface area (Å²) in [7, 11) is 1.56. The van der Waals surface area contributed by atoms with E-state index in [1.165, 1.54) is 6.92 Å². The molecular weight excluding hydrogens is 254 g/mol. The van der Waals surface area contributed by atoms with E-state index < -0.39 is 0 Å². The molecule has 0 aliphatic carbocycles. The van der Waals surface area contributed by atoms with Gasteiger partial charge in [0.25, 0.3) is 0 Å². The molecule has 0 bridgehead atoms. The molecule has 2 rings (SSSR count). The zero-order chi connectivity index (χ0) is 13.3. The molecule has 0 radical (unpaired) electrons. The Balaban J connectivity index is 2.63. The first-order valence-electron chi connectivity index (χ1n) is 5.76. The molecule has 1 saturated heterocycles. The van der Waals surface area contributed by atoms with Crippen molar-refractivity contribution in [2.45, 2.75) is 20.0 Å². The van der Waals surface area contributed by atoms with Crippen molar-refractivity contribution in [2.24, 2.45) is 0 Å². The summed E-state index contributed by atoms with van der Waals surface area (Å²) in [5.74, 6) is 0.499. The summed E-state index contributed by atoms with van der Waals surface area (Å²) in [5, 5.41) is 3.67. The molecule has 5 heteroatoms. The van der Waals surface area contributed by atoms with Gasteiger partial charge in [0.15, 0.2) is 5.78 Å². The maximum absolute atomic E-state index is 11.7. The van der Waals surface area contributed by atoms with Gasteiger partial charge in [0.2, 0.25) is 0 Å². The topological polar surface area (TPSA) is 47.6 Å². The van der Waals surface area contributed by atoms with Crippen LogP contribution in [0, 0.1) is 6.92 Å². The van der Waals surface area contributed by atoms with Crippen LogP contribution in [0.1, 0.15) is 34.5 Å². The average Bonchev–Trinajstić information content (AvgIpc) is 2.84. The Morgan fingerprint density at radius 2 is 2.33 bits per heavy atom. The van der Waals surface area contributed by atoms with Gasteiger partial charge in [0, 0.05) is 17.1 Å². The molecule has 0 saturated carbocycles. The smallest absolute Gasteiger partial charge is 0.163 e. The predicted octanol–water partition coefficient (Wildman–Crippen LogP) is 2.48. The SMILES string of the molecule is COc1c(C(C)=O)cc(Cl)c(C)c1C1CNCO1. The number of ether oxygens (including phenoxy) is 2. The van der Waals surface area contributed by atoms with Crippen LogP contribution in [0.2, 0.25) is 5.02 Å². The minimum atomic E-state index is -0.128. The van der Waals surface area contributed by atoms with E-state index in [0.29, 0.717) is 29.6 Å². The summed E-state index contributed by atoms with van der Waals surface area (Å²) in [4.78, 5) is 11.7. The van der Waals surface area contributed by atoms with Crippen molar-refractivity contribution in [3.8, 4) is 5.75 Å². The van der Waals surface area contributed by atoms with Crippen LogP contribution in [0.4, 0.5) is 0 Å². The third-order valence-corrected chi connectivity index (χ3v) is 3.54. The number of Topliss-reactive ketones (excluding diaryl/α,β-unsaturated/α-hetero) is 1. The van der Waals surface area contributed by atoms with Crippen molar-refractivity contribution >= 4 is 17.4 Å². The second-order valence-electron chi connectivity index (χ2n) is 4.29. The molecule has 0 aromatic heterocycles. The minimum absolute atomic E-state index is 0.0686. The summed E-state index contributed by atoms with van der Waals surface area (Å²) >= 11 is 6.19. The Bertz CT molecular complexity index is 482. The zero-order valence-electron chi connectivity index (χ0n) is 10.7. The van der Waals surface area contributed by atoms with Gasteiger partial charge in [-0.1, -0.05) is 11.6 Å². The number of methoxy groups -OCH3 is 1. The highest BCUT2D eigenvalue weighted by Gasteiger charge is 2.27. The van der Waals surface area contributed by atoms with Crippen LogP contribution >= 0.6 is 11.6 Å². The van der Waals surface area contributed by atoms with Crippen LogP contribution in [0.3, 0.4) is 0 Å². The van der Waals surface area contributed by atoms with E-state index in [0.717, 1.165) is 11.1 Å². The van der Waals surface area contributed by atoms with Gasteiger partial charge in [-0.25, -0.2) is 0 Å². The standard InChI is InChI=1S/C13H16ClNO3/c1-7-10(14)4-9(8(2)16)13(17-3)12(7)11-5-15-6-18-11/h4,11,15H,5-6H2,1-3H3. The molecule has 1 aromatic carbocycles. The average molecular weight is 270 g/mol. The van der Waals surface area contributed by atoms with Crippen LogP contribution in [0.15, 0.2) is 6.07 Å². The number of hydrogen-bond donors (Lipinski definition) is 1. The maximum atomic E-state index is 11.7. The lowest BCUT2D eigenvalue weighted by Crippen LogP contribution is -2.12. The van der Waals surface area contributed by atoms with E-state index in [4.69, 9.17) is 21.1 Å². The predicted molar refractivity (Wildman–Crippen MR) is 69.4 cm³/mol. The summed E-state index contributed by atoms with van der Waals surface area (Å²) < 4.78 is 11.0. The highest BCUT2D eigenvalue weighted by atomic mass is 35.5. The number of rotatable bonds is 3. The van der Waals surface area contributed by atoms with Crippen LogP contribution in [-0.2, 0) is 4.74 Å². The molecule has 1 aliphatic heterocycles. The van der Waals surface area contributed by atoms with E-state index in [2.05, 4.69) is 5.32 Å². The Morgan fingerprint density at radius 1 is 1.61 bits per heavy atom. The van der Waals surface area contributed by atoms with Crippen LogP contribution in [0.5, 0.6) is 5.75 Å². The number of carbonyl (C=O) groups is 1. The Labute approximate surface area is 111 Å². The number of benzene rings is 1. The largest absolute Gasteiger partial charge is 0.496 e. The first-order chi connectivity index (χ1) is 8.56. The van der Waals surface area contributed by atoms with Gasteiger partial charge in [0.1, 0.15) is 11.9 Å². The highest BCUT2D eigenvalue weighted by molar-refractivity contribution is 6.32. The van der Waals surface area contributed by atoms with E-state index >= 15 is 0 Å². The first-order valence-corrected chi connectivity index (χ1v) is 6.14. The van der Waals surface area contributed by atoms with Crippen molar-refractivity contribution in [2.75, 3.05) is 20.4 Å². The Hall–Kier alpha value is -1.10. The molecule has 1 atom stereocenters. The van der Waals surface area contributed by atoms with Gasteiger partial charge in [-0.15, -0.1) is 0 Å². The zero-order valence-corrected chi connectivity index (χ0v) is 11.4. The fourth-order valence-electron chi connectivity index (χ4n) is 2.21. The normalized spacial score (nSPS) is 19.0. The van der Waals surface area contributed by atoms with Gasteiger partial charge >= 0.3 is 0 Å². The monoisotopic (exact) mass is 269 g/mol. The molecule has 1 aromatic rings. The van der Waals surface area contributed by atoms with Crippen molar-refractivity contribution in [3.05, 3.63) is 27.8 Å². The van der Waals surface area contributed by atoms with Gasteiger partial charge < -0.3 is 9.47 Å². The molecule has 18 heavy (non-hydrogen) atoms. The first kappa shape index (κ1) is 13.3. The highest BCUT2D eigenvalue weighted by Crippen LogP contribution is 2.38. The van der Waals surface area contributed by atoms with Gasteiger partial charge in [0.05, 0.1) is 19.4 Å². The molecule has 1 aliphatic rings. The van der Waals surface area contributed by atoms with Crippen LogP contribution < -0.4 is 10.1 Å². The lowest BCUT2D eigenvalue weighted by Gasteiger charge is -2.20. The summed E-state index contributed by atoms with van der Waals surface area (Å²) in [6.07, 6.45) is -0.128. The molecule has 1 fully saturated rings. The maximum Gasteiger partial charge on any atom is 0.163 e. The number of halogens is 1. The quantitative estimate of drug-likeness (QED) is 0.857. The number of carbonyl (C=O) groups excluding carboxylic acids is 1. The summed E-state index contributed by atoms with van der Waals surface area (Å²) in [6, 6.07) is 1.66. The van der Waals surface area contributed by atoms with E-state index in [9.17, 15) is 4.79 Å². The molecule has 1 unspecified atom stereocenters. The molecule has 98 valence electrons. The van der Waals surface area contributed by atoms with Gasteiger partial charge in [-0.05, 0) is 25.5 Å². The lowest BCUT2D eigenvalue weighted by molar-refractivity contribution is 0.101. The fourth-order valence-corrected chi connectivity index (χ4v) is 2.42. The molecule has 0 amide bonds. The fraction of sp³-hybridized carbons (Fsp3) is 0.462. The lowest BCUT2D eigenvalue weighted by atomic mass is 9.96. The number of ketones is 1. The summed E-state index contributed by atoms with van der Waals surface area (Å²) in [5.41, 5.74) is 2.26. The number of nitrogens with one attached hydrogen (secondary N) is 1. The Kier molecular flexibility index (Phi) is 3.90. The Morgan fingerprint density at radius 3 is 2.83 bits per heavy atom. The van der Waals surface area contributed by atoms with E-state index in [1.54, 1.807) is 13.2 Å². The van der Waals surface area contributed by atoms with Crippen molar-refractivity contribution in [1.82, 2.24) is 5.32 Å². The van der Waals surface area contributed by atoms with Crippen molar-refractivity contribution in [3.63, 3.8) is 0 Å². The third-order valence-electron chi connectivity index (χ3n) is 3.14. The number of hydrogen-bond acceptors (Lipinski definition) is 4. The molecule has 1 N–H and O–H groups in total. The minimum Gasteiger partial charge on any atom is -0.496 e. The van der Waals surface area contributed by atoms with Crippen LogP contribution in [0.25, 0.3) is 0 Å². The second kappa shape index (κ2) is 5.26. The molecule has 4 nitrogen and oxygen atoms in total. The van der Waals surface area contributed by atoms with Gasteiger partial charge in [-0.2, -0.15) is 0 Å². The molecule has 0 spiro atoms. The third kappa shape index (κ3) is 2.23. The molecule has 1 heterocycles. The second-order valence-corrected chi connectivity index (χ2v) is 4.70. The van der Waals surface area contributed by atoms with Gasteiger partial charge in [-0.3, -0.25) is 10.1 Å².